The first-order chi connectivity index (χ1) is 11.5. The summed E-state index contributed by atoms with van der Waals surface area (Å²) in [6.45, 7) is 3.68. The van der Waals surface area contributed by atoms with Crippen molar-refractivity contribution in [3.8, 4) is 17.3 Å². The van der Waals surface area contributed by atoms with Crippen LogP contribution in [0.4, 0.5) is 16.2 Å². The van der Waals surface area contributed by atoms with E-state index >= 15 is 0 Å². The maximum Gasteiger partial charge on any atom is 0.222 e. The molecular weight excluding hydrogens is 307 g/mol. The number of halogens is 1. The number of nitrogens with zero attached hydrogens (tertiary/aromatic N) is 4. The van der Waals surface area contributed by atoms with Crippen molar-refractivity contribution in [2.45, 2.75) is 19.4 Å². The SMILES string of the molecule is C[C@@H]1C[C@@H](N)CN(c2cc(-c3ccc(C#N)c(F)c3)nc(N)n2)C1. The maximum atomic E-state index is 13.9. The third-order valence-corrected chi connectivity index (χ3v) is 4.13. The highest BCUT2D eigenvalue weighted by atomic mass is 19.1. The topological polar surface area (TPSA) is 105 Å². The smallest absolute Gasteiger partial charge is 0.222 e. The Hall–Kier alpha value is -2.72. The Balaban J connectivity index is 1.97. The minimum Gasteiger partial charge on any atom is -0.368 e. The Kier molecular flexibility index (Phi) is 4.32. The first-order valence-corrected chi connectivity index (χ1v) is 7.81. The number of anilines is 2. The van der Waals surface area contributed by atoms with Crippen molar-refractivity contribution in [1.82, 2.24) is 9.97 Å². The highest BCUT2D eigenvalue weighted by Gasteiger charge is 2.24. The summed E-state index contributed by atoms with van der Waals surface area (Å²) in [6, 6.07) is 8.04. The predicted octanol–water partition coefficient (Wildman–Crippen LogP) is 1.91. The number of nitrogen functional groups attached to an aromatic ring is 1. The third kappa shape index (κ3) is 3.29. The van der Waals surface area contributed by atoms with Crippen molar-refractivity contribution in [1.29, 1.82) is 5.26 Å². The number of hydrogen-bond donors (Lipinski definition) is 2. The molecule has 0 aliphatic carbocycles. The minimum atomic E-state index is -0.581. The Labute approximate surface area is 139 Å². The molecule has 7 heteroatoms. The molecule has 4 N–H and O–H groups in total. The zero-order valence-electron chi connectivity index (χ0n) is 13.4. The van der Waals surface area contributed by atoms with Crippen LogP contribution >= 0.6 is 0 Å². The summed E-state index contributed by atoms with van der Waals surface area (Å²) in [5, 5.41) is 8.83. The summed E-state index contributed by atoms with van der Waals surface area (Å²) < 4.78 is 13.9. The number of nitrogens with two attached hydrogens (primary N) is 2. The van der Waals surface area contributed by atoms with Gasteiger partial charge in [0.1, 0.15) is 17.7 Å². The van der Waals surface area contributed by atoms with Gasteiger partial charge in [-0.25, -0.2) is 9.37 Å². The fourth-order valence-electron chi connectivity index (χ4n) is 3.11. The monoisotopic (exact) mass is 326 g/mol. The van der Waals surface area contributed by atoms with E-state index in [1.807, 2.05) is 0 Å². The second kappa shape index (κ2) is 6.42. The average Bonchev–Trinajstić information content (AvgIpc) is 2.53. The Morgan fingerprint density at radius 3 is 2.75 bits per heavy atom. The molecule has 0 spiro atoms. The summed E-state index contributed by atoms with van der Waals surface area (Å²) in [5.41, 5.74) is 13.0. The van der Waals surface area contributed by atoms with Gasteiger partial charge in [0.25, 0.3) is 0 Å². The second-order valence-corrected chi connectivity index (χ2v) is 6.28. The summed E-state index contributed by atoms with van der Waals surface area (Å²) in [6.07, 6.45) is 0.977. The molecule has 0 saturated carbocycles. The van der Waals surface area contributed by atoms with Crippen LogP contribution in [0.2, 0.25) is 0 Å². The van der Waals surface area contributed by atoms with Crippen LogP contribution in [0.15, 0.2) is 24.3 Å². The molecule has 1 fully saturated rings. The number of nitriles is 1. The summed E-state index contributed by atoms with van der Waals surface area (Å²) >= 11 is 0. The Morgan fingerprint density at radius 2 is 2.08 bits per heavy atom. The molecule has 6 nitrogen and oxygen atoms in total. The van der Waals surface area contributed by atoms with E-state index < -0.39 is 5.82 Å². The molecule has 124 valence electrons. The lowest BCUT2D eigenvalue weighted by atomic mass is 9.96. The molecule has 0 bridgehead atoms. The summed E-state index contributed by atoms with van der Waals surface area (Å²) in [4.78, 5) is 10.6. The average molecular weight is 326 g/mol. The van der Waals surface area contributed by atoms with E-state index in [0.717, 1.165) is 13.0 Å². The van der Waals surface area contributed by atoms with Crippen molar-refractivity contribution < 1.29 is 4.39 Å². The van der Waals surface area contributed by atoms with Crippen LogP contribution in [-0.4, -0.2) is 29.1 Å². The highest BCUT2D eigenvalue weighted by molar-refractivity contribution is 5.65. The van der Waals surface area contributed by atoms with Gasteiger partial charge in [-0.05, 0) is 24.5 Å². The molecule has 1 aliphatic rings. The van der Waals surface area contributed by atoms with Crippen molar-refractivity contribution in [3.63, 3.8) is 0 Å². The quantitative estimate of drug-likeness (QED) is 0.873. The lowest BCUT2D eigenvalue weighted by Gasteiger charge is -2.35. The molecule has 1 saturated heterocycles. The number of hydrogen-bond acceptors (Lipinski definition) is 6. The van der Waals surface area contributed by atoms with Crippen LogP contribution < -0.4 is 16.4 Å². The van der Waals surface area contributed by atoms with Crippen molar-refractivity contribution in [2.75, 3.05) is 23.7 Å². The zero-order chi connectivity index (χ0) is 17.3. The second-order valence-electron chi connectivity index (χ2n) is 6.28. The highest BCUT2D eigenvalue weighted by Crippen LogP contribution is 2.27. The standard InChI is InChI=1S/C17H19FN6/c1-10-4-13(20)9-24(8-10)16-6-15(22-17(21)23-16)11-2-3-12(7-19)14(18)5-11/h2-3,5-6,10,13H,4,8-9,20H2,1H3,(H2,21,22,23)/t10-,13-/m1/s1. The van der Waals surface area contributed by atoms with Gasteiger partial charge in [-0.1, -0.05) is 13.0 Å². The van der Waals surface area contributed by atoms with Gasteiger partial charge in [-0.15, -0.1) is 0 Å². The van der Waals surface area contributed by atoms with Crippen LogP contribution in [0.1, 0.15) is 18.9 Å². The molecular formula is C17H19FN6. The van der Waals surface area contributed by atoms with E-state index in [2.05, 4.69) is 21.8 Å². The third-order valence-electron chi connectivity index (χ3n) is 4.13. The van der Waals surface area contributed by atoms with Gasteiger partial charge in [0, 0.05) is 30.8 Å². The fourth-order valence-corrected chi connectivity index (χ4v) is 3.11. The van der Waals surface area contributed by atoms with Gasteiger partial charge in [0.05, 0.1) is 11.3 Å². The normalized spacial score (nSPS) is 20.7. The molecule has 2 aromatic rings. The van der Waals surface area contributed by atoms with Gasteiger partial charge in [-0.3, -0.25) is 0 Å². The molecule has 0 radical (unpaired) electrons. The predicted molar refractivity (Wildman–Crippen MR) is 90.5 cm³/mol. The first kappa shape index (κ1) is 16.1. The van der Waals surface area contributed by atoms with Gasteiger partial charge >= 0.3 is 0 Å². The van der Waals surface area contributed by atoms with E-state index in [1.54, 1.807) is 18.2 Å². The molecule has 0 unspecified atom stereocenters. The van der Waals surface area contributed by atoms with Crippen molar-refractivity contribution in [3.05, 3.63) is 35.6 Å². The molecule has 3 rings (SSSR count). The first-order valence-electron chi connectivity index (χ1n) is 7.81. The lowest BCUT2D eigenvalue weighted by Crippen LogP contribution is -2.46. The van der Waals surface area contributed by atoms with Crippen LogP contribution in [-0.2, 0) is 0 Å². The molecule has 1 aromatic heterocycles. The minimum absolute atomic E-state index is 0.00293. The Bertz CT molecular complexity index is 790. The van der Waals surface area contributed by atoms with Crippen LogP contribution in [0.3, 0.4) is 0 Å². The van der Waals surface area contributed by atoms with Crippen LogP contribution in [0.25, 0.3) is 11.3 Å². The molecule has 2 atom stereocenters. The van der Waals surface area contributed by atoms with Crippen molar-refractivity contribution in [2.24, 2.45) is 11.7 Å². The molecule has 1 aliphatic heterocycles. The largest absolute Gasteiger partial charge is 0.368 e. The molecule has 0 amide bonds. The summed E-state index contributed by atoms with van der Waals surface area (Å²) in [7, 11) is 0. The van der Waals surface area contributed by atoms with Gasteiger partial charge in [0.15, 0.2) is 0 Å². The van der Waals surface area contributed by atoms with Gasteiger partial charge in [0.2, 0.25) is 5.95 Å². The van der Waals surface area contributed by atoms with Crippen LogP contribution in [0.5, 0.6) is 0 Å². The van der Waals surface area contributed by atoms with E-state index in [1.165, 1.54) is 12.1 Å². The number of rotatable bonds is 2. The number of benzene rings is 1. The fraction of sp³-hybridized carbons (Fsp3) is 0.353. The molecule has 24 heavy (non-hydrogen) atoms. The van der Waals surface area contributed by atoms with Gasteiger partial charge < -0.3 is 16.4 Å². The Morgan fingerprint density at radius 1 is 1.29 bits per heavy atom. The zero-order valence-corrected chi connectivity index (χ0v) is 13.4. The van der Waals surface area contributed by atoms with E-state index in [0.29, 0.717) is 29.5 Å². The van der Waals surface area contributed by atoms with E-state index in [-0.39, 0.29) is 17.6 Å². The van der Waals surface area contributed by atoms with E-state index in [9.17, 15) is 4.39 Å². The molecule has 1 aromatic carbocycles. The van der Waals surface area contributed by atoms with Crippen LogP contribution in [0, 0.1) is 23.1 Å². The summed E-state index contributed by atoms with van der Waals surface area (Å²) in [5.74, 6) is 0.687. The molecule has 2 heterocycles. The lowest BCUT2D eigenvalue weighted by molar-refractivity contribution is 0.400. The number of piperidine rings is 1. The van der Waals surface area contributed by atoms with E-state index in [4.69, 9.17) is 16.7 Å². The maximum absolute atomic E-state index is 13.9. The van der Waals surface area contributed by atoms with Crippen molar-refractivity contribution >= 4 is 11.8 Å². The van der Waals surface area contributed by atoms with Gasteiger partial charge in [-0.2, -0.15) is 10.2 Å². The number of aromatic nitrogens is 2.